The number of ketones is 1. The summed E-state index contributed by atoms with van der Waals surface area (Å²) in [5, 5.41) is 61.0. The molecule has 3 atom stereocenters. The Balaban J connectivity index is 0.00000411. The van der Waals surface area contributed by atoms with E-state index in [0.717, 1.165) is 4.90 Å². The second-order valence-electron chi connectivity index (χ2n) is 19.1. The van der Waals surface area contributed by atoms with Crippen molar-refractivity contribution in [3.8, 4) is 11.8 Å². The van der Waals surface area contributed by atoms with Gasteiger partial charge in [0.1, 0.15) is 48.6 Å². The van der Waals surface area contributed by atoms with E-state index in [1.807, 2.05) is 0 Å². The van der Waals surface area contributed by atoms with Crippen LogP contribution in [0.5, 0.6) is 5.75 Å². The number of pyridine rings is 1. The first-order chi connectivity index (χ1) is 39.4. The van der Waals surface area contributed by atoms with E-state index in [1.54, 1.807) is 34.1 Å². The van der Waals surface area contributed by atoms with Gasteiger partial charge in [-0.1, -0.05) is 0 Å². The molecule has 0 bridgehead atoms. The first-order valence-corrected chi connectivity index (χ1v) is 25.5. The van der Waals surface area contributed by atoms with Gasteiger partial charge in [-0.3, -0.25) is 53.1 Å². The Morgan fingerprint density at radius 2 is 1.35 bits per heavy atom. The number of hydrogen-bond acceptors (Lipinski definition) is 19. The summed E-state index contributed by atoms with van der Waals surface area (Å²) in [7, 11) is 0. The van der Waals surface area contributed by atoms with E-state index in [2.05, 4.69) is 30.5 Å². The minimum atomic E-state index is -3.18. The number of likely N-dealkylation sites (tertiary alicyclic amines) is 1. The average Bonchev–Trinajstić information content (AvgIpc) is 4.30. The van der Waals surface area contributed by atoms with E-state index in [1.165, 1.54) is 46.2 Å². The van der Waals surface area contributed by atoms with E-state index < -0.39 is 122 Å². The van der Waals surface area contributed by atoms with Gasteiger partial charge in [-0.25, -0.2) is 28.3 Å². The lowest BCUT2D eigenvalue weighted by Gasteiger charge is -2.35. The first kappa shape index (κ1) is 64.2. The van der Waals surface area contributed by atoms with Gasteiger partial charge < -0.3 is 59.8 Å². The maximum atomic E-state index is 14.1. The Labute approximate surface area is 469 Å². The standard InChI is InChI=1S/C50H58F2N12O16.CO2/c51-50(52)22-30(23-53)64(29-50)43(68)6-5-38(65)32-8-9-54-35-3-2-31(20-33(32)35)80-19-1-12-59-15-17-61(18-16-59)44(69)28-60(24-39-55-10-13-62(39)26-41(66)57-36(48(76)77)4-7-45(70)71)25-40-56-11-14-63(40)27-42(67)58-37(49(78)79)21-34(46(72)73)47(74)75;2-1-3/h2-3,8-11,13-14,20,30,34,36-37H,1,4-7,12,15-19,21-22,24-29H2,(H,57,66)(H,58,67)(H,70,71)(H,72,73)(H,74,75)(H,76,77)(H,78,79);/t30-,36-,37-;/m0./s1. The number of aliphatic carboxylic acids is 5. The summed E-state index contributed by atoms with van der Waals surface area (Å²) < 4.78 is 36.6. The number of nitrogens with one attached hydrogen (secondary N) is 2. The molecule has 444 valence electrons. The van der Waals surface area contributed by atoms with Crippen LogP contribution in [-0.2, 0) is 78.9 Å². The summed E-state index contributed by atoms with van der Waals surface area (Å²) in [5.41, 5.74) is 0.749. The predicted molar refractivity (Wildman–Crippen MR) is 272 cm³/mol. The highest BCUT2D eigenvalue weighted by atomic mass is 19.3. The van der Waals surface area contributed by atoms with Crippen molar-refractivity contribution in [2.75, 3.05) is 52.4 Å². The number of imidazole rings is 2. The van der Waals surface area contributed by atoms with Crippen LogP contribution in [0.3, 0.4) is 0 Å². The van der Waals surface area contributed by atoms with Crippen molar-refractivity contribution in [2.24, 2.45) is 5.92 Å². The Morgan fingerprint density at radius 1 is 0.759 bits per heavy atom. The topological polar surface area (TPSA) is 425 Å². The number of rotatable bonds is 30. The second kappa shape index (κ2) is 30.3. The lowest BCUT2D eigenvalue weighted by Crippen LogP contribution is -2.51. The molecule has 32 heteroatoms. The molecule has 5 heterocycles. The van der Waals surface area contributed by atoms with Crippen LogP contribution in [0.4, 0.5) is 8.78 Å². The number of amides is 4. The number of nitrogens with zero attached hydrogens (tertiary/aromatic N) is 10. The largest absolute Gasteiger partial charge is 0.494 e. The van der Waals surface area contributed by atoms with Crippen LogP contribution in [0.2, 0.25) is 0 Å². The smallest absolute Gasteiger partial charge is 0.373 e. The number of carboxylic acid groups (broad SMARTS) is 5. The van der Waals surface area contributed by atoms with Crippen molar-refractivity contribution in [3.63, 3.8) is 0 Å². The van der Waals surface area contributed by atoms with Crippen LogP contribution in [-0.4, -0.2) is 211 Å². The van der Waals surface area contributed by atoms with E-state index in [-0.39, 0.29) is 74.8 Å². The van der Waals surface area contributed by atoms with Gasteiger partial charge in [-0.2, -0.15) is 14.9 Å². The zero-order valence-corrected chi connectivity index (χ0v) is 44.2. The molecule has 2 aliphatic heterocycles. The normalized spacial score (nSPS) is 15.5. The van der Waals surface area contributed by atoms with Crippen LogP contribution in [0.25, 0.3) is 10.9 Å². The van der Waals surface area contributed by atoms with Gasteiger partial charge in [0.05, 0.1) is 44.4 Å². The minimum absolute atomic E-state index is 0.124. The molecule has 2 saturated heterocycles. The van der Waals surface area contributed by atoms with Gasteiger partial charge >= 0.3 is 36.0 Å². The number of nitriles is 1. The SMILES string of the molecule is N#C[C@@H]1CC(F)(F)CN1C(=O)CCC(=O)c1ccnc2ccc(OCCCN3CCN(C(=O)CN(Cc4nccn4CC(=O)N[C@@H](CCC(=O)O)C(=O)O)Cc4nccn4CC(=O)N[C@@H](CC(C(=O)O)C(=O)O)C(=O)O)CC3)cc12.O=C=O. The Kier molecular flexibility index (Phi) is 23.4. The highest BCUT2D eigenvalue weighted by Gasteiger charge is 2.47. The van der Waals surface area contributed by atoms with Crippen molar-refractivity contribution in [3.05, 3.63) is 72.5 Å². The monoisotopic (exact) mass is 1160 g/mol. The minimum Gasteiger partial charge on any atom is -0.494 e. The van der Waals surface area contributed by atoms with Crippen molar-refractivity contribution >= 4 is 76.3 Å². The number of ether oxygens (including phenoxy) is 1. The number of carboxylic acids is 5. The Hall–Kier alpha value is -9.60. The molecule has 7 N–H and O–H groups in total. The Morgan fingerprint density at radius 3 is 1.90 bits per heavy atom. The molecule has 83 heavy (non-hydrogen) atoms. The zero-order valence-electron chi connectivity index (χ0n) is 44.2. The molecule has 6 rings (SSSR count). The summed E-state index contributed by atoms with van der Waals surface area (Å²) in [5.74, 6) is -15.6. The molecule has 0 radical (unpaired) electrons. The van der Waals surface area contributed by atoms with E-state index >= 15 is 0 Å². The number of aromatic nitrogens is 5. The number of piperazine rings is 1. The van der Waals surface area contributed by atoms with Crippen LogP contribution < -0.4 is 15.4 Å². The molecular weight excluding hydrogens is 1110 g/mol. The molecule has 0 saturated carbocycles. The van der Waals surface area contributed by atoms with Crippen molar-refractivity contribution in [1.29, 1.82) is 5.26 Å². The number of carbonyl (C=O) groups is 10. The zero-order chi connectivity index (χ0) is 61.0. The van der Waals surface area contributed by atoms with Gasteiger partial charge in [0.25, 0.3) is 5.92 Å². The molecule has 2 aliphatic rings. The number of halogens is 2. The van der Waals surface area contributed by atoms with Crippen LogP contribution >= 0.6 is 0 Å². The maximum Gasteiger partial charge on any atom is 0.373 e. The molecule has 2 fully saturated rings. The number of carbonyl (C=O) groups excluding carboxylic acids is 7. The first-order valence-electron chi connectivity index (χ1n) is 25.5. The van der Waals surface area contributed by atoms with Crippen LogP contribution in [0.1, 0.15) is 67.0 Å². The summed E-state index contributed by atoms with van der Waals surface area (Å²) in [4.78, 5) is 159. The number of benzene rings is 1. The maximum absolute atomic E-state index is 14.1. The lowest BCUT2D eigenvalue weighted by atomic mass is 10.00. The van der Waals surface area contributed by atoms with Crippen molar-refractivity contribution in [2.45, 2.75) is 95.2 Å². The molecule has 4 aromatic rings. The fraction of sp³-hybridized carbons (Fsp3) is 0.471. The average molecular weight is 1170 g/mol. The quantitative estimate of drug-likeness (QED) is 0.0198. The van der Waals surface area contributed by atoms with Crippen molar-refractivity contribution in [1.82, 2.24) is 54.3 Å². The van der Waals surface area contributed by atoms with Crippen molar-refractivity contribution < 1.29 is 96.6 Å². The van der Waals surface area contributed by atoms with E-state index in [9.17, 15) is 82.4 Å². The summed E-state index contributed by atoms with van der Waals surface area (Å²) in [6.45, 7) is 0.0526. The number of hydrogen-bond donors (Lipinski definition) is 7. The molecule has 3 aromatic heterocycles. The third-order valence-electron chi connectivity index (χ3n) is 13.2. The van der Waals surface area contributed by atoms with Gasteiger partial charge in [0.2, 0.25) is 23.6 Å². The van der Waals surface area contributed by atoms with Crippen LogP contribution in [0.15, 0.2) is 55.2 Å². The predicted octanol–water partition coefficient (Wildman–Crippen LogP) is -0.438. The van der Waals surface area contributed by atoms with Gasteiger partial charge in [-0.15, -0.1) is 0 Å². The fourth-order valence-corrected chi connectivity index (χ4v) is 9.06. The highest BCUT2D eigenvalue weighted by molar-refractivity contribution is 6.08. The summed E-state index contributed by atoms with van der Waals surface area (Å²) in [6.07, 6.45) is 4.52. The highest BCUT2D eigenvalue weighted by Crippen LogP contribution is 2.32. The molecule has 1 aromatic carbocycles. The third-order valence-corrected chi connectivity index (χ3v) is 13.2. The molecule has 0 spiro atoms. The molecule has 0 aliphatic carbocycles. The van der Waals surface area contributed by atoms with Gasteiger partial charge in [-0.05, 0) is 37.1 Å². The molecular formula is C51H58F2N12O18. The van der Waals surface area contributed by atoms with Crippen LogP contribution in [0, 0.1) is 17.2 Å². The van der Waals surface area contributed by atoms with Gasteiger partial charge in [0.15, 0.2) is 11.7 Å². The molecule has 30 nitrogen and oxygen atoms in total. The molecule has 0 unspecified atom stereocenters. The summed E-state index contributed by atoms with van der Waals surface area (Å²) in [6, 6.07) is 3.58. The Bertz CT molecular complexity index is 3100. The third kappa shape index (κ3) is 19.3. The van der Waals surface area contributed by atoms with Gasteiger partial charge in [0, 0.05) is 107 Å². The molecule has 4 amide bonds. The number of Topliss-reactive ketones (excluding diaryl/α,β-unsaturated/α-hetero) is 1. The number of alkyl halides is 2. The fourth-order valence-electron chi connectivity index (χ4n) is 9.06. The summed E-state index contributed by atoms with van der Waals surface area (Å²) >= 11 is 0. The second-order valence-corrected chi connectivity index (χ2v) is 19.1. The number of fused-ring (bicyclic) bond motifs is 1. The van der Waals surface area contributed by atoms with E-state index in [0.29, 0.717) is 55.8 Å². The lowest BCUT2D eigenvalue weighted by molar-refractivity contribution is -0.192. The van der Waals surface area contributed by atoms with E-state index in [4.69, 9.17) is 19.4 Å².